The number of Topliss-reactive ketones (excluding diaryl/α,β-unsaturated/α-hetero) is 1. The van der Waals surface area contributed by atoms with Crippen LogP contribution in [0.3, 0.4) is 0 Å². The molecule has 0 aliphatic heterocycles. The maximum atomic E-state index is 11.8. The summed E-state index contributed by atoms with van der Waals surface area (Å²) in [5, 5.41) is 0.981. The Kier molecular flexibility index (Phi) is 2.31. The summed E-state index contributed by atoms with van der Waals surface area (Å²) >= 11 is 1.58. The van der Waals surface area contributed by atoms with Crippen LogP contribution in [0.5, 0.6) is 0 Å². The zero-order valence-corrected chi connectivity index (χ0v) is 9.23. The summed E-state index contributed by atoms with van der Waals surface area (Å²) in [6.07, 6.45) is 4.05. The Morgan fingerprint density at radius 2 is 2.29 bits per heavy atom. The average molecular weight is 210 g/mol. The molecule has 1 aromatic heterocycles. The van der Waals surface area contributed by atoms with E-state index in [2.05, 4.69) is 0 Å². The second-order valence-corrected chi connectivity index (χ2v) is 4.49. The summed E-state index contributed by atoms with van der Waals surface area (Å²) in [6.45, 7) is 0. The Hall–Kier alpha value is -0.900. The van der Waals surface area contributed by atoms with Crippen molar-refractivity contribution in [3.05, 3.63) is 11.8 Å². The summed E-state index contributed by atoms with van der Waals surface area (Å²) in [6, 6.07) is 1.80. The predicted octanol–water partition coefficient (Wildman–Crippen LogP) is 1.92. The summed E-state index contributed by atoms with van der Waals surface area (Å²) in [7, 11) is 1.90. The van der Waals surface area contributed by atoms with Crippen molar-refractivity contribution in [2.45, 2.75) is 17.9 Å². The minimum atomic E-state index is 0.250. The van der Waals surface area contributed by atoms with E-state index in [0.29, 0.717) is 5.69 Å². The maximum Gasteiger partial charge on any atom is 0.182 e. The van der Waals surface area contributed by atoms with Crippen LogP contribution in [0.15, 0.2) is 11.1 Å². The van der Waals surface area contributed by atoms with Crippen LogP contribution in [0.4, 0.5) is 5.69 Å². The van der Waals surface area contributed by atoms with E-state index in [4.69, 9.17) is 5.73 Å². The number of thioether (sulfide) groups is 1. The van der Waals surface area contributed by atoms with E-state index in [9.17, 15) is 4.79 Å². The van der Waals surface area contributed by atoms with Gasteiger partial charge in [-0.05, 0) is 25.2 Å². The molecule has 3 nitrogen and oxygen atoms in total. The smallest absolute Gasteiger partial charge is 0.182 e. The van der Waals surface area contributed by atoms with Gasteiger partial charge in [0.2, 0.25) is 0 Å². The first-order valence-corrected chi connectivity index (χ1v) is 5.91. The molecule has 0 aromatic carbocycles. The van der Waals surface area contributed by atoms with Gasteiger partial charge in [-0.3, -0.25) is 4.79 Å². The summed E-state index contributed by atoms with van der Waals surface area (Å²) < 4.78 is 1.90. The molecule has 0 spiro atoms. The summed E-state index contributed by atoms with van der Waals surface area (Å²) in [5.74, 6) is 0.511. The highest BCUT2D eigenvalue weighted by atomic mass is 32.2. The van der Waals surface area contributed by atoms with E-state index in [-0.39, 0.29) is 11.7 Å². The van der Waals surface area contributed by atoms with Crippen molar-refractivity contribution in [3.63, 3.8) is 0 Å². The largest absolute Gasteiger partial charge is 0.397 e. The Morgan fingerprint density at radius 3 is 2.71 bits per heavy atom. The third kappa shape index (κ3) is 1.43. The van der Waals surface area contributed by atoms with Gasteiger partial charge >= 0.3 is 0 Å². The van der Waals surface area contributed by atoms with Crippen LogP contribution in [0.1, 0.15) is 23.3 Å². The molecule has 0 unspecified atom stereocenters. The molecule has 4 heteroatoms. The molecule has 0 atom stereocenters. The molecular formula is C10H14N2OS. The highest BCUT2D eigenvalue weighted by Crippen LogP contribution is 2.35. The van der Waals surface area contributed by atoms with Crippen molar-refractivity contribution in [1.29, 1.82) is 0 Å². The monoisotopic (exact) mass is 210 g/mol. The minimum Gasteiger partial charge on any atom is -0.397 e. The van der Waals surface area contributed by atoms with E-state index >= 15 is 0 Å². The first kappa shape index (κ1) is 9.65. The Morgan fingerprint density at radius 1 is 1.64 bits per heavy atom. The van der Waals surface area contributed by atoms with E-state index in [1.165, 1.54) is 0 Å². The van der Waals surface area contributed by atoms with Crippen LogP contribution in [0.25, 0.3) is 0 Å². The molecule has 0 bridgehead atoms. The number of nitrogens with two attached hydrogens (primary N) is 1. The van der Waals surface area contributed by atoms with Gasteiger partial charge in [0, 0.05) is 13.0 Å². The molecule has 1 aromatic rings. The molecule has 1 fully saturated rings. The van der Waals surface area contributed by atoms with Crippen molar-refractivity contribution < 1.29 is 4.79 Å². The number of nitrogen functional groups attached to an aromatic ring is 1. The van der Waals surface area contributed by atoms with Crippen LogP contribution in [-0.4, -0.2) is 16.6 Å². The van der Waals surface area contributed by atoms with Gasteiger partial charge in [0.1, 0.15) is 0 Å². The molecule has 1 saturated carbocycles. The first-order chi connectivity index (χ1) is 6.65. The zero-order chi connectivity index (χ0) is 10.3. The molecule has 0 saturated heterocycles. The fourth-order valence-electron chi connectivity index (χ4n) is 1.65. The van der Waals surface area contributed by atoms with Gasteiger partial charge in [0.15, 0.2) is 5.78 Å². The van der Waals surface area contributed by atoms with Crippen LogP contribution >= 0.6 is 11.8 Å². The molecule has 0 amide bonds. The number of carbonyl (C=O) groups is 1. The van der Waals surface area contributed by atoms with Gasteiger partial charge in [-0.2, -0.15) is 0 Å². The topological polar surface area (TPSA) is 48.0 Å². The van der Waals surface area contributed by atoms with Gasteiger partial charge in [0.25, 0.3) is 0 Å². The van der Waals surface area contributed by atoms with Gasteiger partial charge in [-0.25, -0.2) is 0 Å². The highest BCUT2D eigenvalue weighted by molar-refractivity contribution is 7.98. The first-order valence-electron chi connectivity index (χ1n) is 4.68. The van der Waals surface area contributed by atoms with Gasteiger partial charge < -0.3 is 10.3 Å². The Balaban J connectivity index is 2.38. The quantitative estimate of drug-likeness (QED) is 0.612. The van der Waals surface area contributed by atoms with E-state index in [1.807, 2.05) is 17.9 Å². The van der Waals surface area contributed by atoms with Crippen molar-refractivity contribution >= 4 is 23.2 Å². The molecule has 14 heavy (non-hydrogen) atoms. The van der Waals surface area contributed by atoms with E-state index in [0.717, 1.165) is 23.6 Å². The Bertz CT molecular complexity index is 380. The molecule has 1 heterocycles. The number of nitrogens with zero attached hydrogens (tertiary/aromatic N) is 1. The zero-order valence-electron chi connectivity index (χ0n) is 8.41. The van der Waals surface area contributed by atoms with Gasteiger partial charge in [-0.15, -0.1) is 11.8 Å². The van der Waals surface area contributed by atoms with Gasteiger partial charge in [0.05, 0.1) is 16.4 Å². The molecule has 0 radical (unpaired) electrons. The minimum absolute atomic E-state index is 0.250. The van der Waals surface area contributed by atoms with Gasteiger partial charge in [-0.1, -0.05) is 0 Å². The number of ketones is 1. The van der Waals surface area contributed by atoms with Crippen LogP contribution < -0.4 is 5.73 Å². The normalized spacial score (nSPS) is 15.9. The number of hydrogen-bond donors (Lipinski definition) is 1. The third-order valence-corrected chi connectivity index (χ3v) is 3.50. The van der Waals surface area contributed by atoms with Crippen molar-refractivity contribution in [2.24, 2.45) is 13.0 Å². The lowest BCUT2D eigenvalue weighted by Crippen LogP contribution is -2.07. The number of carbonyl (C=O) groups excluding carboxylic acids is 1. The molecule has 76 valence electrons. The standard InChI is InChI=1S/C10H14N2OS/c1-12-8(9(13)6-3-4-6)5-7(11)10(12)14-2/h5-6H,3-4,11H2,1-2H3. The number of aromatic nitrogens is 1. The predicted molar refractivity (Wildman–Crippen MR) is 58.7 cm³/mol. The molecule has 1 aliphatic carbocycles. The second kappa shape index (κ2) is 3.35. The SMILES string of the molecule is CSc1c(N)cc(C(=O)C2CC2)n1C. The number of rotatable bonds is 3. The fourth-order valence-corrected chi connectivity index (χ4v) is 2.32. The van der Waals surface area contributed by atoms with Crippen LogP contribution in [0, 0.1) is 5.92 Å². The number of anilines is 1. The lowest BCUT2D eigenvalue weighted by molar-refractivity contribution is 0.0959. The van der Waals surface area contributed by atoms with Crippen molar-refractivity contribution in [1.82, 2.24) is 4.57 Å². The van der Waals surface area contributed by atoms with Crippen LogP contribution in [-0.2, 0) is 7.05 Å². The molecule has 1 aliphatic rings. The highest BCUT2D eigenvalue weighted by Gasteiger charge is 2.32. The average Bonchev–Trinajstić information content (AvgIpc) is 2.93. The lowest BCUT2D eigenvalue weighted by Gasteiger charge is -2.03. The van der Waals surface area contributed by atoms with E-state index < -0.39 is 0 Å². The van der Waals surface area contributed by atoms with Crippen LogP contribution in [0.2, 0.25) is 0 Å². The maximum absolute atomic E-state index is 11.8. The summed E-state index contributed by atoms with van der Waals surface area (Å²) in [5.41, 5.74) is 7.29. The number of hydrogen-bond acceptors (Lipinski definition) is 3. The van der Waals surface area contributed by atoms with Crippen molar-refractivity contribution in [3.8, 4) is 0 Å². The lowest BCUT2D eigenvalue weighted by atomic mass is 10.2. The van der Waals surface area contributed by atoms with Crippen molar-refractivity contribution in [2.75, 3.05) is 12.0 Å². The van der Waals surface area contributed by atoms with E-state index in [1.54, 1.807) is 17.8 Å². The second-order valence-electron chi connectivity index (χ2n) is 3.69. The molecular weight excluding hydrogens is 196 g/mol. The summed E-state index contributed by atoms with van der Waals surface area (Å²) in [4.78, 5) is 11.8. The molecule has 2 rings (SSSR count). The molecule has 2 N–H and O–H groups in total. The fraction of sp³-hybridized carbons (Fsp3) is 0.500. The Labute approximate surface area is 87.7 Å². The third-order valence-electron chi connectivity index (χ3n) is 2.60.